The summed E-state index contributed by atoms with van der Waals surface area (Å²) in [6.45, 7) is 5.42. The van der Waals surface area contributed by atoms with Crippen molar-refractivity contribution in [3.05, 3.63) is 0 Å². The van der Waals surface area contributed by atoms with Crippen LogP contribution in [0.3, 0.4) is 0 Å². The zero-order valence-electron chi connectivity index (χ0n) is 11.8. The van der Waals surface area contributed by atoms with Crippen LogP contribution >= 0.6 is 0 Å². The first-order valence-corrected chi connectivity index (χ1v) is 4.64. The van der Waals surface area contributed by atoms with Crippen LogP contribution in [0.4, 0.5) is 0 Å². The van der Waals surface area contributed by atoms with Crippen molar-refractivity contribution in [2.45, 2.75) is 34.6 Å². The number of aliphatic carboxylic acids is 5. The van der Waals surface area contributed by atoms with Crippen LogP contribution in [-0.2, 0) is 24.0 Å². The quantitative estimate of drug-likeness (QED) is 0.150. The van der Waals surface area contributed by atoms with E-state index in [2.05, 4.69) is 0 Å². The molecule has 10 nitrogen and oxygen atoms in total. The number of carboxylic acids is 5. The molecule has 0 radical (unpaired) electrons. The first kappa shape index (κ1) is 103. The third kappa shape index (κ3) is 362. The van der Waals surface area contributed by atoms with Crippen molar-refractivity contribution >= 4 is 595 Å². The molecule has 0 amide bonds. The summed E-state index contributed by atoms with van der Waals surface area (Å²) >= 11 is 0. The Morgan fingerprint density at radius 1 is 0.290 bits per heavy atom. The molecule has 31 heavy (non-hydrogen) atoms. The van der Waals surface area contributed by atoms with Crippen LogP contribution in [0, 0.1) is 0 Å². The zero-order chi connectivity index (χ0) is 17.9. The normalized spacial score (nSPS) is 4.03. The Labute approximate surface area is 653 Å². The Balaban J connectivity index is -0.00000000595. The van der Waals surface area contributed by atoms with Gasteiger partial charge in [0.2, 0.25) is 0 Å². The number of rotatable bonds is 0. The number of carbonyl (C=O) groups is 5. The molecule has 0 saturated heterocycles. The Morgan fingerprint density at radius 2 is 0.290 bits per heavy atom. The van der Waals surface area contributed by atoms with Crippen molar-refractivity contribution in [1.82, 2.24) is 0 Å². The monoisotopic (exact) mass is 740 g/mol. The average molecular weight is 741 g/mol. The van der Waals surface area contributed by atoms with Crippen LogP contribution in [0.2, 0.25) is 0 Å². The summed E-state index contributed by atoms with van der Waals surface area (Å²) < 4.78 is 0. The molecule has 21 heteroatoms. The van der Waals surface area contributed by atoms with E-state index in [0.717, 1.165) is 34.6 Å². The van der Waals surface area contributed by atoms with E-state index in [1.54, 1.807) is 0 Å². The Hall–Kier alpha value is 15.4. The van der Waals surface area contributed by atoms with Crippen LogP contribution in [0.1, 0.15) is 34.6 Å². The predicted octanol–water partition coefficient (Wildman–Crippen LogP) is -6.68. The van der Waals surface area contributed by atoms with E-state index in [1.165, 1.54) is 0 Å². The van der Waals surface area contributed by atoms with Gasteiger partial charge >= 0.3 is 565 Å². The summed E-state index contributed by atoms with van der Waals surface area (Å²) in [4.78, 5) is 45.0. The van der Waals surface area contributed by atoms with Gasteiger partial charge in [-0.2, -0.15) is 0 Å². The van der Waals surface area contributed by atoms with Crippen LogP contribution in [0.5, 0.6) is 0 Å². The molecule has 0 aliphatic carbocycles. The molecule has 0 bridgehead atoms. The van der Waals surface area contributed by atoms with Gasteiger partial charge in [-0.3, -0.25) is 24.0 Å². The van der Waals surface area contributed by atoms with Crippen molar-refractivity contribution in [1.29, 1.82) is 0 Å². The third-order valence-electron chi connectivity index (χ3n) is 0. The first-order valence-electron chi connectivity index (χ1n) is 4.64. The van der Waals surface area contributed by atoms with Crippen LogP contribution < -0.4 is 0 Å². The minimum atomic E-state index is -0.833. The molecule has 0 unspecified atom stereocenters. The maximum atomic E-state index is 9.00. The molecular weight excluding hydrogens is 710 g/mol. The zero-order valence-corrected chi connectivity index (χ0v) is 11.8. The van der Waals surface area contributed by atoms with E-state index in [1.807, 2.05) is 0 Å². The Bertz CT molecular complexity index is 234. The molecule has 5 N–H and O–H groups in total. The topological polar surface area (TPSA) is 186 Å². The van der Waals surface area contributed by atoms with Crippen molar-refractivity contribution in [2.24, 2.45) is 0 Å². The number of hydrogen-bond donors (Lipinski definition) is 5. The Morgan fingerprint density at radius 3 is 0.290 bits per heavy atom. The molecule has 0 atom stereocenters. The van der Waals surface area contributed by atoms with Crippen molar-refractivity contribution < 1.29 is 49.5 Å². The van der Waals surface area contributed by atoms with Crippen molar-refractivity contribution in [3.63, 3.8) is 0 Å². The van der Waals surface area contributed by atoms with Gasteiger partial charge in [0.05, 0.1) is 0 Å². The molecule has 0 fully saturated rings. The first-order chi connectivity index (χ1) is 8.66. The average Bonchev–Trinajstić information content (AvgIpc) is 1.94. The van der Waals surface area contributed by atoms with E-state index in [-0.39, 0.29) is 565 Å². The molecule has 0 aromatic rings. The van der Waals surface area contributed by atoms with Gasteiger partial charge in [-0.05, 0) is 0 Å². The third-order valence-corrected chi connectivity index (χ3v) is 0. The van der Waals surface area contributed by atoms with Crippen LogP contribution in [0.25, 0.3) is 0 Å². The molecule has 142 valence electrons. The van der Waals surface area contributed by atoms with Gasteiger partial charge in [-0.25, -0.2) is 0 Å². The van der Waals surface area contributed by atoms with Gasteiger partial charge in [-0.15, -0.1) is 0 Å². The molecule has 0 rings (SSSR count). The van der Waals surface area contributed by atoms with Gasteiger partial charge in [0.15, 0.2) is 0 Å². The molecule has 0 spiro atoms. The number of carboxylic acid groups (broad SMARTS) is 5. The van der Waals surface area contributed by atoms with E-state index >= 15 is 0 Å². The van der Waals surface area contributed by atoms with Crippen molar-refractivity contribution in [3.8, 4) is 0 Å². The standard InChI is InChI=1S/5C2H4O2.11K.11H/c5*1-2(3)4;;;;;;;;;;;;;;;;;;;;;;/h5*1H3,(H,3,4);;;;;;;;;;;;;;;;;;;;;;. The fraction of sp³-hybridized carbons (Fsp3) is 0.500. The summed E-state index contributed by atoms with van der Waals surface area (Å²) in [5.41, 5.74) is 0. The number of hydrogen-bond acceptors (Lipinski definition) is 5. The second kappa shape index (κ2) is 96.8. The SMILES string of the molecule is CC(=O)O.CC(=O)O.CC(=O)O.CC(=O)O.CC(=O)O.[KH].[KH].[KH].[KH].[KH].[KH].[KH].[KH].[KH].[KH].[KH]. The van der Waals surface area contributed by atoms with E-state index < -0.39 is 29.8 Å². The van der Waals surface area contributed by atoms with Gasteiger partial charge in [-0.1, -0.05) is 0 Å². The maximum absolute atomic E-state index is 9.00. The second-order valence-electron chi connectivity index (χ2n) is 2.60. The second-order valence-corrected chi connectivity index (χ2v) is 2.60. The molecule has 0 saturated carbocycles. The van der Waals surface area contributed by atoms with E-state index in [4.69, 9.17) is 49.5 Å². The van der Waals surface area contributed by atoms with Crippen LogP contribution in [-0.4, -0.2) is 621 Å². The molecular formula is C10H31K11O10. The van der Waals surface area contributed by atoms with E-state index in [9.17, 15) is 0 Å². The summed E-state index contributed by atoms with van der Waals surface area (Å²) in [6, 6.07) is 0. The van der Waals surface area contributed by atoms with Crippen LogP contribution in [0.15, 0.2) is 0 Å². The van der Waals surface area contributed by atoms with Gasteiger partial charge in [0.25, 0.3) is 29.8 Å². The summed E-state index contributed by atoms with van der Waals surface area (Å²) in [7, 11) is 0. The molecule has 0 aromatic carbocycles. The Kier molecular flexibility index (Phi) is 323. The summed E-state index contributed by atoms with van der Waals surface area (Å²) in [6.07, 6.45) is 0. The van der Waals surface area contributed by atoms with Gasteiger partial charge in [0, 0.05) is 34.6 Å². The fourth-order valence-electron chi connectivity index (χ4n) is 0. The molecule has 0 heterocycles. The molecule has 0 aliphatic rings. The molecule has 0 aliphatic heterocycles. The van der Waals surface area contributed by atoms with Gasteiger partial charge in [0.1, 0.15) is 0 Å². The summed E-state index contributed by atoms with van der Waals surface area (Å²) in [5.74, 6) is -4.17. The summed E-state index contributed by atoms with van der Waals surface area (Å²) in [5, 5.41) is 37.1. The minimum absolute atomic E-state index is 0. The molecule has 0 aromatic heterocycles. The van der Waals surface area contributed by atoms with E-state index in [0.29, 0.717) is 0 Å². The fourth-order valence-corrected chi connectivity index (χ4v) is 0. The van der Waals surface area contributed by atoms with Crippen molar-refractivity contribution in [2.75, 3.05) is 0 Å². The van der Waals surface area contributed by atoms with Gasteiger partial charge < -0.3 is 25.5 Å². The predicted molar refractivity (Wildman–Crippen MR) is 145 cm³/mol.